The van der Waals surface area contributed by atoms with Crippen LogP contribution < -0.4 is 26.6 Å². The molecule has 1 aromatic rings. The molecule has 0 aliphatic carbocycles. The van der Waals surface area contributed by atoms with Gasteiger partial charge in [-0.05, 0) is 36.5 Å². The zero-order valence-electron chi connectivity index (χ0n) is 22.3. The number of amides is 6. The van der Waals surface area contributed by atoms with E-state index in [0.717, 1.165) is 4.90 Å². The summed E-state index contributed by atoms with van der Waals surface area (Å²) in [6, 6.07) is 4.70. The molecule has 2 atom stereocenters. The minimum absolute atomic E-state index is 0.0643. The van der Waals surface area contributed by atoms with Gasteiger partial charge in [0.25, 0.3) is 11.8 Å². The second kappa shape index (κ2) is 14.4. The monoisotopic (exact) mass is 528 g/mol. The Morgan fingerprint density at radius 2 is 1.68 bits per heavy atom. The van der Waals surface area contributed by atoms with Crippen LogP contribution in [0.25, 0.3) is 0 Å². The number of benzene rings is 1. The standard InChI is InChI=1S/C26H33N5O7/c1-16(2)24(20(33)15-18(25(37)28-12-13-32)4-3-11-29-26(27)38)30-21(34)14-17-5-7-19(8-6-17)31-22(35)9-10-23(31)36/h5-10,13,16,18,24H,3-4,11-12,14-15H2,1-2H3,(H,28,37)(H,30,34)(H3,27,29,38)/t18?,24-/m0/s1/i13D. The molecule has 1 heterocycles. The molecule has 2 rings (SSSR count). The topological polar surface area (TPSA) is 185 Å². The Hall–Kier alpha value is -4.35. The molecule has 0 saturated heterocycles. The van der Waals surface area contributed by atoms with Crippen molar-refractivity contribution in [2.24, 2.45) is 17.6 Å². The second-order valence-corrected chi connectivity index (χ2v) is 9.14. The van der Waals surface area contributed by atoms with E-state index in [2.05, 4.69) is 16.0 Å². The fourth-order valence-corrected chi connectivity index (χ4v) is 3.97. The van der Waals surface area contributed by atoms with Crippen LogP contribution >= 0.6 is 0 Å². The number of anilines is 1. The average Bonchev–Trinajstić information content (AvgIpc) is 3.20. The average molecular weight is 529 g/mol. The molecule has 1 aliphatic rings. The molecule has 204 valence electrons. The first-order chi connectivity index (χ1) is 18.4. The number of nitrogens with zero attached hydrogens (tertiary/aromatic N) is 1. The quantitative estimate of drug-likeness (QED) is 0.142. The number of carbonyl (C=O) groups excluding carboxylic acids is 7. The van der Waals surface area contributed by atoms with Gasteiger partial charge in [-0.2, -0.15) is 0 Å². The van der Waals surface area contributed by atoms with Gasteiger partial charge in [-0.25, -0.2) is 9.69 Å². The molecule has 12 nitrogen and oxygen atoms in total. The molecule has 5 N–H and O–H groups in total. The van der Waals surface area contributed by atoms with Gasteiger partial charge in [0.05, 0.1) is 24.7 Å². The molecular formula is C26H33N5O7. The lowest BCUT2D eigenvalue weighted by atomic mass is 9.89. The zero-order chi connectivity index (χ0) is 29.1. The molecule has 0 bridgehead atoms. The lowest BCUT2D eigenvalue weighted by Crippen LogP contribution is -2.46. The number of rotatable bonds is 15. The van der Waals surface area contributed by atoms with Crippen LogP contribution in [0, 0.1) is 11.8 Å². The lowest BCUT2D eigenvalue weighted by Gasteiger charge is -2.24. The van der Waals surface area contributed by atoms with Gasteiger partial charge in [-0.1, -0.05) is 26.0 Å². The number of nitrogens with one attached hydrogen (secondary N) is 3. The van der Waals surface area contributed by atoms with E-state index >= 15 is 0 Å². The van der Waals surface area contributed by atoms with E-state index in [9.17, 15) is 33.6 Å². The highest BCUT2D eigenvalue weighted by atomic mass is 16.2. The predicted molar refractivity (Wildman–Crippen MR) is 138 cm³/mol. The molecule has 12 heteroatoms. The summed E-state index contributed by atoms with van der Waals surface area (Å²) >= 11 is 0. The predicted octanol–water partition coefficient (Wildman–Crippen LogP) is 0.138. The van der Waals surface area contributed by atoms with E-state index in [0.29, 0.717) is 17.7 Å². The van der Waals surface area contributed by atoms with Gasteiger partial charge in [-0.3, -0.25) is 24.0 Å². The van der Waals surface area contributed by atoms with Crippen molar-refractivity contribution in [3.05, 3.63) is 42.0 Å². The first kappa shape index (κ1) is 28.2. The van der Waals surface area contributed by atoms with Crippen LogP contribution in [0.5, 0.6) is 0 Å². The Labute approximate surface area is 221 Å². The molecule has 1 aromatic carbocycles. The number of imide groups is 1. The largest absolute Gasteiger partial charge is 0.352 e. The summed E-state index contributed by atoms with van der Waals surface area (Å²) in [4.78, 5) is 85.0. The number of urea groups is 1. The van der Waals surface area contributed by atoms with Crippen molar-refractivity contribution < 1.29 is 34.9 Å². The van der Waals surface area contributed by atoms with Crippen molar-refractivity contribution in [2.45, 2.75) is 45.6 Å². The molecule has 0 spiro atoms. The van der Waals surface area contributed by atoms with E-state index in [1.54, 1.807) is 38.1 Å². The summed E-state index contributed by atoms with van der Waals surface area (Å²) in [6.45, 7) is 3.19. The summed E-state index contributed by atoms with van der Waals surface area (Å²) in [6.07, 6.45) is 1.61. The molecule has 0 radical (unpaired) electrons. The van der Waals surface area contributed by atoms with Gasteiger partial charge in [0.15, 0.2) is 5.78 Å². The Morgan fingerprint density at radius 3 is 2.24 bits per heavy atom. The van der Waals surface area contributed by atoms with E-state index in [1.165, 1.54) is 12.2 Å². The number of primary amides is 1. The molecule has 0 aromatic heterocycles. The Balaban J connectivity index is 2.02. The Bertz CT molecular complexity index is 1130. The van der Waals surface area contributed by atoms with Crippen LogP contribution in [0.1, 0.15) is 40.0 Å². The maximum absolute atomic E-state index is 13.2. The van der Waals surface area contributed by atoms with Gasteiger partial charge in [0, 0.05) is 31.0 Å². The van der Waals surface area contributed by atoms with Crippen molar-refractivity contribution >= 4 is 47.4 Å². The van der Waals surface area contributed by atoms with Gasteiger partial charge in [-0.15, -0.1) is 0 Å². The minimum Gasteiger partial charge on any atom is -0.352 e. The molecule has 1 aliphatic heterocycles. The Morgan fingerprint density at radius 1 is 1.05 bits per heavy atom. The van der Waals surface area contributed by atoms with Gasteiger partial charge < -0.3 is 26.5 Å². The lowest BCUT2D eigenvalue weighted by molar-refractivity contribution is -0.132. The molecule has 0 saturated carbocycles. The van der Waals surface area contributed by atoms with E-state index in [4.69, 9.17) is 7.10 Å². The summed E-state index contributed by atoms with van der Waals surface area (Å²) in [7, 11) is 0. The van der Waals surface area contributed by atoms with Crippen LogP contribution in [0.4, 0.5) is 10.5 Å². The smallest absolute Gasteiger partial charge is 0.312 e. The molecule has 38 heavy (non-hydrogen) atoms. The van der Waals surface area contributed by atoms with Crippen LogP contribution in [0.2, 0.25) is 0 Å². The number of nitrogens with two attached hydrogens (primary N) is 1. The molecule has 6 amide bonds. The number of Topliss-reactive ketones (excluding diaryl/α,β-unsaturated/α-hetero) is 1. The zero-order valence-corrected chi connectivity index (χ0v) is 21.3. The number of carbonyl (C=O) groups is 7. The maximum atomic E-state index is 13.2. The number of hydrogen-bond donors (Lipinski definition) is 4. The second-order valence-electron chi connectivity index (χ2n) is 9.14. The highest BCUT2D eigenvalue weighted by Crippen LogP contribution is 2.20. The highest BCUT2D eigenvalue weighted by Gasteiger charge is 2.29. The van der Waals surface area contributed by atoms with Crippen molar-refractivity contribution in [3.8, 4) is 0 Å². The third-order valence-electron chi connectivity index (χ3n) is 5.88. The van der Waals surface area contributed by atoms with E-state index in [-0.39, 0.29) is 37.5 Å². The molecular weight excluding hydrogens is 494 g/mol. The van der Waals surface area contributed by atoms with Gasteiger partial charge in [0.2, 0.25) is 11.8 Å². The first-order valence-corrected chi connectivity index (χ1v) is 12.2. The maximum Gasteiger partial charge on any atom is 0.312 e. The third kappa shape index (κ3) is 8.95. The van der Waals surface area contributed by atoms with Crippen molar-refractivity contribution in [1.29, 1.82) is 0 Å². The number of aldehydes is 1. The molecule has 1 unspecified atom stereocenters. The van der Waals surface area contributed by atoms with Gasteiger partial charge >= 0.3 is 6.03 Å². The number of hydrogen-bond acceptors (Lipinski definition) is 7. The van der Waals surface area contributed by atoms with E-state index in [1.807, 2.05) is 0 Å². The fraction of sp³-hybridized carbons (Fsp3) is 0.423. The number of ketones is 1. The van der Waals surface area contributed by atoms with E-state index < -0.39 is 54.4 Å². The minimum atomic E-state index is -0.987. The van der Waals surface area contributed by atoms with Gasteiger partial charge in [0.1, 0.15) is 7.63 Å². The summed E-state index contributed by atoms with van der Waals surface area (Å²) < 4.78 is 6.97. The van der Waals surface area contributed by atoms with Crippen LogP contribution in [0.3, 0.4) is 0 Å². The van der Waals surface area contributed by atoms with Crippen LogP contribution in [0.15, 0.2) is 36.4 Å². The van der Waals surface area contributed by atoms with Crippen LogP contribution in [-0.4, -0.2) is 60.8 Å². The highest BCUT2D eigenvalue weighted by molar-refractivity contribution is 6.28. The fourth-order valence-electron chi connectivity index (χ4n) is 3.97. The van der Waals surface area contributed by atoms with Crippen molar-refractivity contribution in [1.82, 2.24) is 16.0 Å². The summed E-state index contributed by atoms with van der Waals surface area (Å²) in [5.74, 6) is -3.44. The van der Waals surface area contributed by atoms with Crippen molar-refractivity contribution in [3.63, 3.8) is 0 Å². The Kier molecular flexibility index (Phi) is 10.7. The third-order valence-corrected chi connectivity index (χ3v) is 5.88. The SMILES string of the molecule is [2H]C(=O)CNC(=O)C(CCCNC(N)=O)CC(=O)[C@@H](NC(=O)Cc1ccc(N2C(=O)C=CC2=O)cc1)C(C)C. The van der Waals surface area contributed by atoms with Crippen LogP contribution in [-0.2, 0) is 35.2 Å². The normalized spacial score (nSPS) is 14.6. The summed E-state index contributed by atoms with van der Waals surface area (Å²) in [5, 5.41) is 7.45. The first-order valence-electron chi connectivity index (χ1n) is 12.7. The molecule has 0 fully saturated rings. The summed E-state index contributed by atoms with van der Waals surface area (Å²) in [5.41, 5.74) is 6.01. The van der Waals surface area contributed by atoms with Crippen molar-refractivity contribution in [2.75, 3.05) is 18.0 Å².